The second-order valence-corrected chi connectivity index (χ2v) is 3.21. The predicted octanol–water partition coefficient (Wildman–Crippen LogP) is 1.59. The minimum Gasteiger partial charge on any atom is -0.508 e. The van der Waals surface area contributed by atoms with Crippen molar-refractivity contribution >= 4 is 11.8 Å². The van der Waals surface area contributed by atoms with Crippen molar-refractivity contribution in [3.8, 4) is 5.75 Å². The Hall–Kier alpha value is -0.710. The Morgan fingerprint density at radius 2 is 2.25 bits per heavy atom. The number of rotatable bonds is 3. The number of thioether (sulfide) groups is 1. The van der Waals surface area contributed by atoms with Crippen LogP contribution in [0.2, 0.25) is 0 Å². The fraction of sp³-hybridized carbons (Fsp3) is 0.250. The van der Waals surface area contributed by atoms with Gasteiger partial charge in [0.2, 0.25) is 0 Å². The van der Waals surface area contributed by atoms with Crippen molar-refractivity contribution < 1.29 is 10.3 Å². The molecular weight excluding hydrogens is 174 g/mol. The molecule has 4 heteroatoms. The molecule has 1 rings (SSSR count). The molecule has 0 spiro atoms. The molecule has 0 aliphatic heterocycles. The van der Waals surface area contributed by atoms with Crippen LogP contribution in [-0.2, 0) is 6.54 Å². The minimum atomic E-state index is 0.203. The lowest BCUT2D eigenvalue weighted by molar-refractivity contribution is 0.160. The van der Waals surface area contributed by atoms with E-state index >= 15 is 0 Å². The fourth-order valence-electron chi connectivity index (χ4n) is 0.916. The number of phenols is 1. The first-order chi connectivity index (χ1) is 5.77. The van der Waals surface area contributed by atoms with E-state index in [4.69, 9.17) is 5.21 Å². The van der Waals surface area contributed by atoms with Crippen LogP contribution in [0.25, 0.3) is 0 Å². The van der Waals surface area contributed by atoms with E-state index in [0.717, 1.165) is 4.90 Å². The number of hydrogen-bond donors (Lipinski definition) is 3. The van der Waals surface area contributed by atoms with Gasteiger partial charge in [0.05, 0.1) is 0 Å². The highest BCUT2D eigenvalue weighted by Gasteiger charge is 2.00. The number of nitrogens with one attached hydrogen (secondary N) is 1. The van der Waals surface area contributed by atoms with Gasteiger partial charge in [0.25, 0.3) is 0 Å². The average Bonchev–Trinajstić information content (AvgIpc) is 2.09. The maximum Gasteiger partial charge on any atom is 0.120 e. The topological polar surface area (TPSA) is 52.5 Å². The van der Waals surface area contributed by atoms with Gasteiger partial charge in [0.15, 0.2) is 0 Å². The summed E-state index contributed by atoms with van der Waals surface area (Å²) in [5, 5.41) is 17.7. The Kier molecular flexibility index (Phi) is 3.40. The molecule has 0 heterocycles. The number of hydroxylamine groups is 1. The molecule has 3 N–H and O–H groups in total. The van der Waals surface area contributed by atoms with Gasteiger partial charge < -0.3 is 10.3 Å². The highest BCUT2D eigenvalue weighted by atomic mass is 32.2. The lowest BCUT2D eigenvalue weighted by Crippen LogP contribution is -2.06. The predicted molar refractivity (Wildman–Crippen MR) is 48.5 cm³/mol. The lowest BCUT2D eigenvalue weighted by Gasteiger charge is -2.04. The molecule has 0 saturated carbocycles. The molecule has 0 aliphatic carbocycles. The van der Waals surface area contributed by atoms with Gasteiger partial charge in [-0.1, -0.05) is 0 Å². The summed E-state index contributed by atoms with van der Waals surface area (Å²) in [4.78, 5) is 1.07. The van der Waals surface area contributed by atoms with Gasteiger partial charge in [-0.15, -0.1) is 11.8 Å². The molecule has 0 radical (unpaired) electrons. The molecule has 3 nitrogen and oxygen atoms in total. The Morgan fingerprint density at radius 1 is 1.50 bits per heavy atom. The van der Waals surface area contributed by atoms with Gasteiger partial charge in [-0.2, -0.15) is 0 Å². The first-order valence-electron chi connectivity index (χ1n) is 3.50. The summed E-state index contributed by atoms with van der Waals surface area (Å²) < 4.78 is 0. The van der Waals surface area contributed by atoms with Crippen molar-refractivity contribution in [3.05, 3.63) is 23.8 Å². The van der Waals surface area contributed by atoms with Crippen molar-refractivity contribution in [2.45, 2.75) is 11.4 Å². The number of benzene rings is 1. The molecule has 12 heavy (non-hydrogen) atoms. The summed E-state index contributed by atoms with van der Waals surface area (Å²) in [5.74, 6) is 0.203. The Balaban J connectivity index is 2.91. The van der Waals surface area contributed by atoms with E-state index in [1.165, 1.54) is 0 Å². The zero-order valence-electron chi connectivity index (χ0n) is 6.74. The summed E-state index contributed by atoms with van der Waals surface area (Å²) in [6, 6.07) is 5.29. The average molecular weight is 185 g/mol. The van der Waals surface area contributed by atoms with E-state index in [1.54, 1.807) is 17.8 Å². The van der Waals surface area contributed by atoms with Crippen LogP contribution in [0.1, 0.15) is 5.56 Å². The van der Waals surface area contributed by atoms with Crippen LogP contribution in [0.4, 0.5) is 0 Å². The van der Waals surface area contributed by atoms with Crippen molar-refractivity contribution in [3.63, 3.8) is 0 Å². The molecular formula is C8H11NO2S. The van der Waals surface area contributed by atoms with E-state index in [2.05, 4.69) is 0 Å². The van der Waals surface area contributed by atoms with Gasteiger partial charge >= 0.3 is 0 Å². The second kappa shape index (κ2) is 4.35. The molecule has 0 aromatic heterocycles. The molecule has 0 fully saturated rings. The third-order valence-corrected chi connectivity index (χ3v) is 2.28. The van der Waals surface area contributed by atoms with Gasteiger partial charge in [-0.3, -0.25) is 0 Å². The smallest absolute Gasteiger partial charge is 0.120 e. The molecule has 0 unspecified atom stereocenters. The van der Waals surface area contributed by atoms with Crippen molar-refractivity contribution in [1.29, 1.82) is 0 Å². The number of hydrogen-bond acceptors (Lipinski definition) is 4. The van der Waals surface area contributed by atoms with E-state index in [0.29, 0.717) is 5.56 Å². The monoisotopic (exact) mass is 185 g/mol. The highest BCUT2D eigenvalue weighted by Crippen LogP contribution is 2.23. The Bertz CT molecular complexity index is 265. The van der Waals surface area contributed by atoms with E-state index in [1.807, 2.05) is 23.9 Å². The lowest BCUT2D eigenvalue weighted by atomic mass is 10.2. The summed E-state index contributed by atoms with van der Waals surface area (Å²) in [6.07, 6.45) is 1.96. The van der Waals surface area contributed by atoms with Crippen LogP contribution in [-0.4, -0.2) is 16.6 Å². The summed E-state index contributed by atoms with van der Waals surface area (Å²) in [7, 11) is 0. The largest absolute Gasteiger partial charge is 0.508 e. The molecule has 1 aromatic carbocycles. The molecule has 66 valence electrons. The van der Waals surface area contributed by atoms with Crippen LogP contribution in [0, 0.1) is 0 Å². The first kappa shape index (κ1) is 9.38. The first-order valence-corrected chi connectivity index (χ1v) is 4.73. The summed E-state index contributed by atoms with van der Waals surface area (Å²) >= 11 is 1.60. The van der Waals surface area contributed by atoms with Crippen LogP contribution in [0.3, 0.4) is 0 Å². The Labute approximate surface area is 75.4 Å². The quantitative estimate of drug-likeness (QED) is 0.494. The summed E-state index contributed by atoms with van der Waals surface area (Å²) in [6.45, 7) is 0.264. The number of phenolic OH excluding ortho intramolecular Hbond substituents is 1. The van der Waals surface area contributed by atoms with E-state index in [9.17, 15) is 5.11 Å². The number of aromatic hydroxyl groups is 1. The van der Waals surface area contributed by atoms with Gasteiger partial charge in [0, 0.05) is 17.0 Å². The van der Waals surface area contributed by atoms with Crippen LogP contribution >= 0.6 is 11.8 Å². The van der Waals surface area contributed by atoms with Crippen LogP contribution in [0.5, 0.6) is 5.75 Å². The molecule has 0 bridgehead atoms. The zero-order chi connectivity index (χ0) is 8.97. The molecule has 0 amide bonds. The van der Waals surface area contributed by atoms with Gasteiger partial charge in [-0.25, -0.2) is 5.48 Å². The van der Waals surface area contributed by atoms with Crippen molar-refractivity contribution in [1.82, 2.24) is 5.48 Å². The molecule has 0 aliphatic rings. The SMILES string of the molecule is CSc1ccc(O)c(CNO)c1. The van der Waals surface area contributed by atoms with Gasteiger partial charge in [-0.05, 0) is 24.5 Å². The summed E-state index contributed by atoms with van der Waals surface area (Å²) in [5.41, 5.74) is 2.71. The minimum absolute atomic E-state index is 0.203. The Morgan fingerprint density at radius 3 is 2.83 bits per heavy atom. The molecule has 0 atom stereocenters. The third-order valence-electron chi connectivity index (χ3n) is 1.56. The maximum absolute atomic E-state index is 9.30. The normalized spacial score (nSPS) is 10.2. The fourth-order valence-corrected chi connectivity index (χ4v) is 1.38. The van der Waals surface area contributed by atoms with Gasteiger partial charge in [0.1, 0.15) is 5.75 Å². The van der Waals surface area contributed by atoms with E-state index in [-0.39, 0.29) is 12.3 Å². The third kappa shape index (κ3) is 2.14. The highest BCUT2D eigenvalue weighted by molar-refractivity contribution is 7.98. The van der Waals surface area contributed by atoms with Crippen LogP contribution in [0.15, 0.2) is 23.1 Å². The second-order valence-electron chi connectivity index (χ2n) is 2.33. The maximum atomic E-state index is 9.30. The van der Waals surface area contributed by atoms with Crippen LogP contribution < -0.4 is 5.48 Å². The zero-order valence-corrected chi connectivity index (χ0v) is 7.56. The molecule has 1 aromatic rings. The van der Waals surface area contributed by atoms with Crippen molar-refractivity contribution in [2.75, 3.05) is 6.26 Å². The molecule has 0 saturated heterocycles. The standard InChI is InChI=1S/C8H11NO2S/c1-12-7-2-3-8(10)6(4-7)5-9-11/h2-4,9-11H,5H2,1H3. The van der Waals surface area contributed by atoms with Crippen molar-refractivity contribution in [2.24, 2.45) is 0 Å². The van der Waals surface area contributed by atoms with E-state index < -0.39 is 0 Å².